The number of pyridine rings is 1. The summed E-state index contributed by atoms with van der Waals surface area (Å²) >= 11 is 0. The maximum Gasteiger partial charge on any atom is 0.271 e. The monoisotopic (exact) mass is 441 g/mol. The Hall–Kier alpha value is -3.94. The van der Waals surface area contributed by atoms with E-state index >= 15 is 0 Å². The number of hydrogen-bond donors (Lipinski definition) is 1. The largest absolute Gasteiger partial charge is 0.341 e. The minimum atomic E-state index is 0.0186. The van der Waals surface area contributed by atoms with Crippen LogP contribution in [0.1, 0.15) is 34.5 Å². The number of aryl methyl sites for hydroxylation is 3. The molecule has 0 aliphatic carbocycles. The second kappa shape index (κ2) is 8.20. The van der Waals surface area contributed by atoms with Gasteiger partial charge in [0.15, 0.2) is 0 Å². The fraction of sp³-hybridized carbons (Fsp3) is 0.280. The van der Waals surface area contributed by atoms with Crippen LogP contribution in [-0.2, 0) is 20.1 Å². The van der Waals surface area contributed by atoms with Crippen molar-refractivity contribution < 1.29 is 4.79 Å². The zero-order valence-corrected chi connectivity index (χ0v) is 19.3. The molecule has 0 spiro atoms. The molecule has 33 heavy (non-hydrogen) atoms. The quantitative estimate of drug-likeness (QED) is 0.505. The Bertz CT molecular complexity index is 1340. The summed E-state index contributed by atoms with van der Waals surface area (Å²) in [6, 6.07) is 9.95. The zero-order valence-electron chi connectivity index (χ0n) is 19.3. The first kappa shape index (κ1) is 20.9. The van der Waals surface area contributed by atoms with E-state index in [1.54, 1.807) is 6.20 Å². The molecular formula is C25H27N7O. The standard InChI is InChI=1S/C25H27N7O/c1-16-12-27-23(29-24-6-5-9-30(24)4)11-21(16)19-10-22-25(33)32(17(2)13-31(22)14-19)15-20-7-8-26-18(3)28-20/h5-12,14,17H,13,15H2,1-4H3,(H,27,29)/t17-/m0/s1. The summed E-state index contributed by atoms with van der Waals surface area (Å²) in [5, 5.41) is 3.36. The summed E-state index contributed by atoms with van der Waals surface area (Å²) in [5.41, 5.74) is 4.68. The van der Waals surface area contributed by atoms with Crippen LogP contribution in [0.25, 0.3) is 11.1 Å². The molecule has 0 radical (unpaired) electrons. The van der Waals surface area contributed by atoms with Gasteiger partial charge in [-0.1, -0.05) is 0 Å². The first-order valence-corrected chi connectivity index (χ1v) is 11.0. The molecular weight excluding hydrogens is 414 g/mol. The molecule has 8 heteroatoms. The molecule has 4 aromatic heterocycles. The number of fused-ring (bicyclic) bond motifs is 1. The third-order valence-corrected chi connectivity index (χ3v) is 6.15. The smallest absolute Gasteiger partial charge is 0.271 e. The van der Waals surface area contributed by atoms with E-state index in [-0.39, 0.29) is 11.9 Å². The maximum absolute atomic E-state index is 13.4. The van der Waals surface area contributed by atoms with Gasteiger partial charge in [0.25, 0.3) is 5.91 Å². The second-order valence-corrected chi connectivity index (χ2v) is 8.66. The highest BCUT2D eigenvalue weighted by Crippen LogP contribution is 2.31. The van der Waals surface area contributed by atoms with E-state index in [1.165, 1.54) is 0 Å². The van der Waals surface area contributed by atoms with Crippen molar-refractivity contribution in [2.24, 2.45) is 7.05 Å². The van der Waals surface area contributed by atoms with Crippen LogP contribution >= 0.6 is 0 Å². The number of aromatic nitrogens is 5. The summed E-state index contributed by atoms with van der Waals surface area (Å²) in [5.74, 6) is 2.46. The van der Waals surface area contributed by atoms with Gasteiger partial charge in [-0.3, -0.25) is 4.79 Å². The minimum absolute atomic E-state index is 0.0186. The van der Waals surface area contributed by atoms with Crippen LogP contribution in [0.4, 0.5) is 11.6 Å². The Morgan fingerprint density at radius 2 is 2.03 bits per heavy atom. The molecule has 1 aliphatic rings. The van der Waals surface area contributed by atoms with Gasteiger partial charge in [-0.25, -0.2) is 15.0 Å². The van der Waals surface area contributed by atoms with Crippen molar-refractivity contribution >= 4 is 17.5 Å². The number of hydrogen-bond acceptors (Lipinski definition) is 5. The van der Waals surface area contributed by atoms with Gasteiger partial charge in [0.2, 0.25) is 0 Å². The number of amides is 1. The number of nitrogens with zero attached hydrogens (tertiary/aromatic N) is 6. The third kappa shape index (κ3) is 4.00. The third-order valence-electron chi connectivity index (χ3n) is 6.15. The lowest BCUT2D eigenvalue weighted by Gasteiger charge is -2.34. The van der Waals surface area contributed by atoms with Crippen LogP contribution in [0.5, 0.6) is 0 Å². The SMILES string of the molecule is Cc1nccc(CN2C(=O)c3cc(-c4cc(Nc5cccn5C)ncc4C)cn3C[C@@H]2C)n1. The summed E-state index contributed by atoms with van der Waals surface area (Å²) in [6.07, 6.45) is 7.67. The van der Waals surface area contributed by atoms with Crippen LogP contribution in [0.2, 0.25) is 0 Å². The molecule has 0 saturated carbocycles. The Kier molecular flexibility index (Phi) is 5.20. The van der Waals surface area contributed by atoms with Gasteiger partial charge < -0.3 is 19.4 Å². The minimum Gasteiger partial charge on any atom is -0.341 e. The van der Waals surface area contributed by atoms with Gasteiger partial charge in [0, 0.05) is 50.0 Å². The Balaban J connectivity index is 1.44. The topological polar surface area (TPSA) is 80.9 Å². The van der Waals surface area contributed by atoms with Crippen molar-refractivity contribution in [1.29, 1.82) is 0 Å². The first-order valence-electron chi connectivity index (χ1n) is 11.0. The van der Waals surface area contributed by atoms with Crippen molar-refractivity contribution in [1.82, 2.24) is 29.0 Å². The van der Waals surface area contributed by atoms with Crippen molar-refractivity contribution in [2.75, 3.05) is 5.32 Å². The molecule has 1 amide bonds. The van der Waals surface area contributed by atoms with Crippen LogP contribution in [0.15, 0.2) is 55.1 Å². The van der Waals surface area contributed by atoms with Gasteiger partial charge in [0.05, 0.1) is 12.2 Å². The van der Waals surface area contributed by atoms with Crippen molar-refractivity contribution in [2.45, 2.75) is 39.9 Å². The van der Waals surface area contributed by atoms with Gasteiger partial charge in [0.1, 0.15) is 23.2 Å². The molecule has 5 rings (SSSR count). The lowest BCUT2D eigenvalue weighted by atomic mass is 10.0. The molecule has 1 atom stereocenters. The molecule has 0 saturated heterocycles. The van der Waals surface area contributed by atoms with Crippen LogP contribution in [0.3, 0.4) is 0 Å². The number of nitrogens with one attached hydrogen (secondary N) is 1. The van der Waals surface area contributed by atoms with Gasteiger partial charge >= 0.3 is 0 Å². The Morgan fingerprint density at radius 1 is 1.18 bits per heavy atom. The van der Waals surface area contributed by atoms with E-state index in [0.717, 1.165) is 40.6 Å². The molecule has 1 N–H and O–H groups in total. The molecule has 8 nitrogen and oxygen atoms in total. The summed E-state index contributed by atoms with van der Waals surface area (Å²) in [7, 11) is 1.99. The summed E-state index contributed by atoms with van der Waals surface area (Å²) in [4.78, 5) is 28.5. The van der Waals surface area contributed by atoms with Crippen molar-refractivity contribution in [3.8, 4) is 11.1 Å². The summed E-state index contributed by atoms with van der Waals surface area (Å²) in [6.45, 7) is 7.20. The molecule has 168 valence electrons. The Morgan fingerprint density at radius 3 is 2.79 bits per heavy atom. The number of rotatable bonds is 5. The van der Waals surface area contributed by atoms with Gasteiger partial charge in [-0.15, -0.1) is 0 Å². The highest BCUT2D eigenvalue weighted by atomic mass is 16.2. The van der Waals surface area contributed by atoms with Gasteiger partial charge in [-0.05, 0) is 62.2 Å². The van der Waals surface area contributed by atoms with E-state index < -0.39 is 0 Å². The highest BCUT2D eigenvalue weighted by molar-refractivity contribution is 5.95. The molecule has 0 unspecified atom stereocenters. The number of anilines is 2. The van der Waals surface area contributed by atoms with Crippen molar-refractivity contribution in [3.05, 3.63) is 77.9 Å². The predicted molar refractivity (Wildman–Crippen MR) is 127 cm³/mol. The summed E-state index contributed by atoms with van der Waals surface area (Å²) < 4.78 is 4.07. The van der Waals surface area contributed by atoms with E-state index in [0.29, 0.717) is 18.1 Å². The maximum atomic E-state index is 13.4. The highest BCUT2D eigenvalue weighted by Gasteiger charge is 2.31. The van der Waals surface area contributed by atoms with E-state index in [4.69, 9.17) is 0 Å². The van der Waals surface area contributed by atoms with Crippen LogP contribution < -0.4 is 5.32 Å². The normalized spacial score (nSPS) is 15.6. The number of carbonyl (C=O) groups is 1. The van der Waals surface area contributed by atoms with E-state index in [9.17, 15) is 4.79 Å². The first-order chi connectivity index (χ1) is 15.9. The van der Waals surface area contributed by atoms with E-state index in [1.807, 2.05) is 73.1 Å². The van der Waals surface area contributed by atoms with Crippen LogP contribution in [0, 0.1) is 13.8 Å². The molecule has 0 fully saturated rings. The molecule has 1 aliphatic heterocycles. The van der Waals surface area contributed by atoms with Crippen molar-refractivity contribution in [3.63, 3.8) is 0 Å². The molecule has 0 bridgehead atoms. The molecule has 0 aromatic carbocycles. The average Bonchev–Trinajstić information content (AvgIpc) is 3.39. The zero-order chi connectivity index (χ0) is 23.1. The van der Waals surface area contributed by atoms with Crippen LogP contribution in [-0.4, -0.2) is 40.9 Å². The molecule has 5 heterocycles. The Labute approximate surface area is 192 Å². The lowest BCUT2D eigenvalue weighted by molar-refractivity contribution is 0.0592. The fourth-order valence-electron chi connectivity index (χ4n) is 4.34. The second-order valence-electron chi connectivity index (χ2n) is 8.66. The lowest BCUT2D eigenvalue weighted by Crippen LogP contribution is -2.45. The number of carbonyl (C=O) groups excluding carboxylic acids is 1. The molecule has 4 aromatic rings. The predicted octanol–water partition coefficient (Wildman–Crippen LogP) is 4.08. The van der Waals surface area contributed by atoms with Gasteiger partial charge in [-0.2, -0.15) is 0 Å². The van der Waals surface area contributed by atoms with E-state index in [2.05, 4.69) is 38.0 Å². The average molecular weight is 442 g/mol. The fourth-order valence-corrected chi connectivity index (χ4v) is 4.34.